The third-order valence-corrected chi connectivity index (χ3v) is 3.03. The summed E-state index contributed by atoms with van der Waals surface area (Å²) < 4.78 is 20.3. The summed E-state index contributed by atoms with van der Waals surface area (Å²) >= 11 is 0. The van der Waals surface area contributed by atoms with Crippen LogP contribution in [0.1, 0.15) is 31.2 Å². The molecular weight excluding hydrogens is 223 g/mol. The normalized spacial score (nSPS) is 20.9. The van der Waals surface area contributed by atoms with Crippen LogP contribution in [0.4, 0.5) is 4.39 Å². The van der Waals surface area contributed by atoms with Crippen molar-refractivity contribution in [3.05, 3.63) is 18.3 Å². The fraction of sp³-hybridized carbons (Fsp3) is 0.545. The Morgan fingerprint density at radius 2 is 2.29 bits per heavy atom. The minimum atomic E-state index is -0.623. The number of fused-ring (bicyclic) bond motifs is 1. The quantitative estimate of drug-likeness (QED) is 0.800. The van der Waals surface area contributed by atoms with Gasteiger partial charge in [0.05, 0.1) is 6.33 Å². The third kappa shape index (κ3) is 1.78. The zero-order valence-corrected chi connectivity index (χ0v) is 9.34. The van der Waals surface area contributed by atoms with Gasteiger partial charge in [0, 0.05) is 6.61 Å². The van der Waals surface area contributed by atoms with E-state index in [1.54, 1.807) is 6.33 Å². The van der Waals surface area contributed by atoms with E-state index in [0.29, 0.717) is 16.9 Å². The number of halogens is 1. The zero-order valence-electron chi connectivity index (χ0n) is 9.34. The Morgan fingerprint density at radius 1 is 1.35 bits per heavy atom. The molecule has 6 heteroatoms. The molecule has 1 saturated heterocycles. The van der Waals surface area contributed by atoms with Gasteiger partial charge in [0.15, 0.2) is 5.65 Å². The molecule has 0 saturated carbocycles. The Bertz CT molecular complexity index is 521. The smallest absolute Gasteiger partial charge is 0.165 e. The van der Waals surface area contributed by atoms with Crippen LogP contribution in [0.25, 0.3) is 11.2 Å². The monoisotopic (exact) mass is 236 g/mol. The molecule has 0 amide bonds. The Hall–Kier alpha value is -1.56. The van der Waals surface area contributed by atoms with Crippen LogP contribution >= 0.6 is 0 Å². The van der Waals surface area contributed by atoms with Gasteiger partial charge in [0.1, 0.15) is 30.4 Å². The van der Waals surface area contributed by atoms with Crippen molar-refractivity contribution in [3.63, 3.8) is 0 Å². The maximum atomic E-state index is 12.7. The van der Waals surface area contributed by atoms with Crippen LogP contribution in [0.15, 0.2) is 12.7 Å². The zero-order chi connectivity index (χ0) is 11.7. The summed E-state index contributed by atoms with van der Waals surface area (Å²) in [4.78, 5) is 12.2. The summed E-state index contributed by atoms with van der Waals surface area (Å²) in [5.41, 5.74) is 1.52. The van der Waals surface area contributed by atoms with Crippen LogP contribution in [0.2, 0.25) is 0 Å². The molecule has 5 nitrogen and oxygen atoms in total. The molecule has 0 bridgehead atoms. The number of rotatable bonds is 2. The van der Waals surface area contributed by atoms with Crippen molar-refractivity contribution in [1.82, 2.24) is 19.5 Å². The summed E-state index contributed by atoms with van der Waals surface area (Å²) in [6.45, 7) is 0.132. The predicted molar refractivity (Wildman–Crippen MR) is 59.0 cm³/mol. The molecule has 3 rings (SSSR count). The molecule has 1 unspecified atom stereocenters. The van der Waals surface area contributed by atoms with Gasteiger partial charge in [-0.05, 0) is 19.3 Å². The summed E-state index contributed by atoms with van der Waals surface area (Å²) in [7, 11) is 0. The highest BCUT2D eigenvalue weighted by Crippen LogP contribution is 2.26. The number of ether oxygens (including phenoxy) is 1. The Balaban J connectivity index is 2.05. The Kier molecular flexibility index (Phi) is 2.72. The predicted octanol–water partition coefficient (Wildman–Crippen LogP) is 1.99. The standard InChI is InChI=1S/C11H13FN4O/c12-5-8-10-11(14-6-13-8)16(7-15-10)9-3-1-2-4-17-9/h6-7,9H,1-5H2. The van der Waals surface area contributed by atoms with E-state index < -0.39 is 6.67 Å². The molecule has 0 N–H and O–H groups in total. The molecule has 1 fully saturated rings. The van der Waals surface area contributed by atoms with Crippen molar-refractivity contribution < 1.29 is 9.13 Å². The SMILES string of the molecule is FCc1ncnc2c1ncn2C1CCCCO1. The first-order valence-corrected chi connectivity index (χ1v) is 5.74. The molecular formula is C11H13FN4O. The van der Waals surface area contributed by atoms with Crippen LogP contribution in [-0.4, -0.2) is 26.1 Å². The number of aromatic nitrogens is 4. The highest BCUT2D eigenvalue weighted by molar-refractivity contribution is 5.72. The van der Waals surface area contributed by atoms with Crippen molar-refractivity contribution in [2.75, 3.05) is 6.61 Å². The average Bonchev–Trinajstić information content (AvgIpc) is 2.83. The molecule has 1 atom stereocenters. The van der Waals surface area contributed by atoms with Crippen LogP contribution in [-0.2, 0) is 11.4 Å². The van der Waals surface area contributed by atoms with Crippen molar-refractivity contribution in [3.8, 4) is 0 Å². The summed E-state index contributed by atoms with van der Waals surface area (Å²) in [5.74, 6) is 0. The van der Waals surface area contributed by atoms with E-state index in [2.05, 4.69) is 15.0 Å². The molecule has 2 aromatic heterocycles. The van der Waals surface area contributed by atoms with Crippen molar-refractivity contribution in [2.24, 2.45) is 0 Å². The molecule has 0 spiro atoms. The maximum absolute atomic E-state index is 12.7. The van der Waals surface area contributed by atoms with Gasteiger partial charge in [0.25, 0.3) is 0 Å². The average molecular weight is 236 g/mol. The second-order valence-electron chi connectivity index (χ2n) is 4.10. The molecule has 1 aliphatic rings. The van der Waals surface area contributed by atoms with Crippen LogP contribution in [0, 0.1) is 0 Å². The highest BCUT2D eigenvalue weighted by Gasteiger charge is 2.19. The highest BCUT2D eigenvalue weighted by atomic mass is 19.1. The lowest BCUT2D eigenvalue weighted by Crippen LogP contribution is -2.17. The summed E-state index contributed by atoms with van der Waals surface area (Å²) in [6, 6.07) is 0. The van der Waals surface area contributed by atoms with Gasteiger partial charge in [-0.25, -0.2) is 19.3 Å². The number of imidazole rings is 1. The van der Waals surface area contributed by atoms with E-state index in [4.69, 9.17) is 4.74 Å². The first kappa shape index (κ1) is 10.6. The van der Waals surface area contributed by atoms with Gasteiger partial charge in [-0.15, -0.1) is 0 Å². The fourth-order valence-corrected chi connectivity index (χ4v) is 2.15. The lowest BCUT2D eigenvalue weighted by molar-refractivity contribution is -0.0298. The van der Waals surface area contributed by atoms with E-state index in [1.165, 1.54) is 6.33 Å². The maximum Gasteiger partial charge on any atom is 0.165 e. The van der Waals surface area contributed by atoms with E-state index in [-0.39, 0.29) is 6.23 Å². The largest absolute Gasteiger partial charge is 0.358 e. The van der Waals surface area contributed by atoms with Gasteiger partial charge in [0.2, 0.25) is 0 Å². The van der Waals surface area contributed by atoms with Crippen LogP contribution in [0.3, 0.4) is 0 Å². The minimum absolute atomic E-state index is 0.0314. The number of alkyl halides is 1. The second kappa shape index (κ2) is 4.37. The molecule has 0 aromatic carbocycles. The van der Waals surface area contributed by atoms with Gasteiger partial charge in [-0.3, -0.25) is 4.57 Å². The molecule has 17 heavy (non-hydrogen) atoms. The minimum Gasteiger partial charge on any atom is -0.358 e. The molecule has 0 radical (unpaired) electrons. The van der Waals surface area contributed by atoms with Crippen LogP contribution < -0.4 is 0 Å². The van der Waals surface area contributed by atoms with Gasteiger partial charge in [-0.1, -0.05) is 0 Å². The van der Waals surface area contributed by atoms with Gasteiger partial charge in [-0.2, -0.15) is 0 Å². The van der Waals surface area contributed by atoms with Gasteiger partial charge < -0.3 is 4.74 Å². The number of nitrogens with zero attached hydrogens (tertiary/aromatic N) is 4. The van der Waals surface area contributed by atoms with E-state index >= 15 is 0 Å². The first-order valence-electron chi connectivity index (χ1n) is 5.74. The molecule has 1 aliphatic heterocycles. The van der Waals surface area contributed by atoms with E-state index in [0.717, 1.165) is 25.9 Å². The van der Waals surface area contributed by atoms with Crippen molar-refractivity contribution in [1.29, 1.82) is 0 Å². The Morgan fingerprint density at radius 3 is 3.06 bits per heavy atom. The topological polar surface area (TPSA) is 52.8 Å². The van der Waals surface area contributed by atoms with Crippen molar-refractivity contribution in [2.45, 2.75) is 32.2 Å². The second-order valence-corrected chi connectivity index (χ2v) is 4.10. The molecule has 2 aromatic rings. The van der Waals surface area contributed by atoms with E-state index in [1.807, 2.05) is 4.57 Å². The molecule has 3 heterocycles. The molecule has 90 valence electrons. The fourth-order valence-electron chi connectivity index (χ4n) is 2.15. The summed E-state index contributed by atoms with van der Waals surface area (Å²) in [6.07, 6.45) is 6.17. The summed E-state index contributed by atoms with van der Waals surface area (Å²) in [5, 5.41) is 0. The third-order valence-electron chi connectivity index (χ3n) is 3.03. The number of hydrogen-bond acceptors (Lipinski definition) is 4. The van der Waals surface area contributed by atoms with Gasteiger partial charge >= 0.3 is 0 Å². The molecule has 0 aliphatic carbocycles. The van der Waals surface area contributed by atoms with Crippen LogP contribution in [0.5, 0.6) is 0 Å². The van der Waals surface area contributed by atoms with Crippen molar-refractivity contribution >= 4 is 11.2 Å². The lowest BCUT2D eigenvalue weighted by Gasteiger charge is -2.23. The lowest BCUT2D eigenvalue weighted by atomic mass is 10.2. The Labute approximate surface area is 97.7 Å². The van der Waals surface area contributed by atoms with E-state index in [9.17, 15) is 4.39 Å². The number of hydrogen-bond donors (Lipinski definition) is 0. The first-order chi connectivity index (χ1) is 8.40.